The average molecular weight is 383 g/mol. The maximum Gasteiger partial charge on any atom is 0.210 e. The fourth-order valence-electron chi connectivity index (χ4n) is 1.74. The number of rotatable bonds is 7. The lowest BCUT2D eigenvalue weighted by atomic mass is 10.0. The molecule has 0 spiro atoms. The van der Waals surface area contributed by atoms with E-state index in [2.05, 4.69) is 58.7 Å². The van der Waals surface area contributed by atoms with Gasteiger partial charge in [0, 0.05) is 5.75 Å². The van der Waals surface area contributed by atoms with Crippen molar-refractivity contribution in [2.24, 2.45) is 0 Å². The van der Waals surface area contributed by atoms with Gasteiger partial charge in [0.05, 0.1) is 0 Å². The van der Waals surface area contributed by atoms with Crippen molar-refractivity contribution in [1.29, 1.82) is 0 Å². The van der Waals surface area contributed by atoms with E-state index >= 15 is 0 Å². The number of ether oxygens (including phenoxy) is 1. The van der Waals surface area contributed by atoms with Crippen LogP contribution in [0, 0.1) is 0 Å². The molecule has 2 N–H and O–H groups in total. The first kappa shape index (κ1) is 16.9. The Morgan fingerprint density at radius 1 is 1.36 bits per heavy atom. The molecule has 1 aromatic heterocycles. The fraction of sp³-hybridized carbons (Fsp3) is 0.333. The Balaban J connectivity index is 1.95. The molecule has 0 fully saturated rings. The van der Waals surface area contributed by atoms with E-state index < -0.39 is 0 Å². The number of thioether (sulfide) groups is 1. The van der Waals surface area contributed by atoms with Crippen LogP contribution in [0.1, 0.15) is 31.2 Å². The highest BCUT2D eigenvalue weighted by molar-refractivity contribution is 9.11. The van der Waals surface area contributed by atoms with E-state index in [1.165, 1.54) is 22.0 Å². The molecule has 1 aromatic carbocycles. The summed E-state index contributed by atoms with van der Waals surface area (Å²) in [5, 5.41) is 8.73. The molecule has 0 amide bonds. The van der Waals surface area contributed by atoms with Crippen LogP contribution in [0.5, 0.6) is 5.75 Å². The molecule has 2 aromatic rings. The van der Waals surface area contributed by atoms with Gasteiger partial charge in [0.15, 0.2) is 5.82 Å². The number of halogens is 1. The topological polar surface area (TPSA) is 66.0 Å². The average Bonchev–Trinajstić information content (AvgIpc) is 2.84. The van der Waals surface area contributed by atoms with E-state index in [0.717, 1.165) is 10.2 Å². The number of hydrogen-bond acceptors (Lipinski definition) is 5. The largest absolute Gasteiger partial charge is 0.486 e. The molecule has 0 bridgehead atoms. The first-order valence-electron chi connectivity index (χ1n) is 6.85. The summed E-state index contributed by atoms with van der Waals surface area (Å²) in [6.45, 7) is 8.37. The predicted octanol–water partition coefficient (Wildman–Crippen LogP) is 3.70. The summed E-state index contributed by atoms with van der Waals surface area (Å²) in [5.41, 5.74) is 1.28. The summed E-state index contributed by atoms with van der Waals surface area (Å²) < 4.78 is 8.03. The van der Waals surface area contributed by atoms with Crippen LogP contribution in [0.25, 0.3) is 0 Å². The molecule has 0 saturated heterocycles. The van der Waals surface area contributed by atoms with Gasteiger partial charge in [-0.3, -0.25) is 0 Å². The smallest absolute Gasteiger partial charge is 0.210 e. The zero-order valence-electron chi connectivity index (χ0n) is 12.6. The molecule has 0 aliphatic carbocycles. The Bertz CT molecular complexity index is 639. The van der Waals surface area contributed by atoms with Crippen molar-refractivity contribution in [3.05, 3.63) is 46.7 Å². The molecule has 118 valence electrons. The van der Waals surface area contributed by atoms with Crippen molar-refractivity contribution in [3.63, 3.8) is 0 Å². The van der Waals surface area contributed by atoms with Gasteiger partial charge in [-0.25, -0.2) is 4.68 Å². The van der Waals surface area contributed by atoms with Gasteiger partial charge in [-0.2, -0.15) is 0 Å². The van der Waals surface area contributed by atoms with E-state index in [1.807, 2.05) is 12.1 Å². The van der Waals surface area contributed by atoms with Crippen molar-refractivity contribution in [3.8, 4) is 5.75 Å². The second kappa shape index (κ2) is 7.69. The van der Waals surface area contributed by atoms with Crippen LogP contribution in [0.2, 0.25) is 0 Å². The Labute approximate surface area is 143 Å². The Morgan fingerprint density at radius 2 is 2.05 bits per heavy atom. The lowest BCUT2D eigenvalue weighted by molar-refractivity contribution is 0.291. The van der Waals surface area contributed by atoms with Crippen LogP contribution in [-0.4, -0.2) is 20.6 Å². The number of benzene rings is 1. The second-order valence-electron chi connectivity index (χ2n) is 5.09. The third-order valence-electron chi connectivity index (χ3n) is 3.01. The third kappa shape index (κ3) is 4.51. The minimum Gasteiger partial charge on any atom is -0.486 e. The molecule has 0 aliphatic rings. The first-order valence-corrected chi connectivity index (χ1v) is 8.63. The minimum atomic E-state index is 0.278. The first-order chi connectivity index (χ1) is 10.5. The molecule has 0 atom stereocenters. The summed E-state index contributed by atoms with van der Waals surface area (Å²) in [6, 6.07) is 8.04. The SMILES string of the molecule is C=C(Br)CSc1nnc(COc2ccc(C(C)C)cc2)n1N. The maximum absolute atomic E-state index is 5.96. The molecular formula is C15H19BrN4OS. The quantitative estimate of drug-likeness (QED) is 0.584. The highest BCUT2D eigenvalue weighted by Crippen LogP contribution is 2.21. The summed E-state index contributed by atoms with van der Waals surface area (Å²) in [5.74, 6) is 8.52. The predicted molar refractivity (Wildman–Crippen MR) is 93.8 cm³/mol. The van der Waals surface area contributed by atoms with Gasteiger partial charge < -0.3 is 10.6 Å². The number of hydrogen-bond donors (Lipinski definition) is 1. The number of nitrogens with zero attached hydrogens (tertiary/aromatic N) is 3. The molecule has 1 heterocycles. The van der Waals surface area contributed by atoms with Crippen LogP contribution in [0.15, 0.2) is 40.5 Å². The lowest BCUT2D eigenvalue weighted by Crippen LogP contribution is -2.15. The van der Waals surface area contributed by atoms with Crippen molar-refractivity contribution in [1.82, 2.24) is 14.9 Å². The van der Waals surface area contributed by atoms with Gasteiger partial charge in [-0.1, -0.05) is 60.3 Å². The van der Waals surface area contributed by atoms with Crippen molar-refractivity contribution in [2.75, 3.05) is 11.6 Å². The van der Waals surface area contributed by atoms with Gasteiger partial charge in [0.25, 0.3) is 0 Å². The van der Waals surface area contributed by atoms with Crippen molar-refractivity contribution in [2.45, 2.75) is 31.5 Å². The van der Waals surface area contributed by atoms with Gasteiger partial charge >= 0.3 is 0 Å². The summed E-state index contributed by atoms with van der Waals surface area (Å²) in [7, 11) is 0. The lowest BCUT2D eigenvalue weighted by Gasteiger charge is -2.08. The Kier molecular flexibility index (Phi) is 5.90. The van der Waals surface area contributed by atoms with Crippen molar-refractivity contribution < 1.29 is 4.74 Å². The molecule has 2 rings (SSSR count). The highest BCUT2D eigenvalue weighted by Gasteiger charge is 2.11. The Hall–Kier alpha value is -1.47. The summed E-state index contributed by atoms with van der Waals surface area (Å²) in [4.78, 5) is 0. The number of aromatic nitrogens is 3. The molecule has 22 heavy (non-hydrogen) atoms. The van der Waals surface area contributed by atoms with Gasteiger partial charge in [-0.15, -0.1) is 10.2 Å². The van der Waals surface area contributed by atoms with Gasteiger partial charge in [-0.05, 0) is 28.1 Å². The number of nitrogen functional groups attached to an aromatic ring is 1. The van der Waals surface area contributed by atoms with Crippen molar-refractivity contribution >= 4 is 27.7 Å². The molecule has 5 nitrogen and oxygen atoms in total. The van der Waals surface area contributed by atoms with E-state index in [1.54, 1.807) is 0 Å². The third-order valence-corrected chi connectivity index (χ3v) is 4.69. The normalized spacial score (nSPS) is 10.9. The van der Waals surface area contributed by atoms with E-state index in [4.69, 9.17) is 10.6 Å². The highest BCUT2D eigenvalue weighted by atomic mass is 79.9. The standard InChI is InChI=1S/C15H19BrN4OS/c1-10(2)12-4-6-13(7-5-12)21-8-14-18-19-15(20(14)17)22-9-11(3)16/h4-7,10H,3,8-9,17H2,1-2H3. The zero-order chi connectivity index (χ0) is 16.1. The molecule has 0 radical (unpaired) electrons. The Morgan fingerprint density at radius 3 is 2.64 bits per heavy atom. The van der Waals surface area contributed by atoms with E-state index in [-0.39, 0.29) is 6.61 Å². The van der Waals surface area contributed by atoms with Crippen LogP contribution in [0.4, 0.5) is 0 Å². The zero-order valence-corrected chi connectivity index (χ0v) is 15.0. The molecule has 7 heteroatoms. The second-order valence-corrected chi connectivity index (χ2v) is 7.15. The molecular weight excluding hydrogens is 364 g/mol. The summed E-state index contributed by atoms with van der Waals surface area (Å²) >= 11 is 4.77. The summed E-state index contributed by atoms with van der Waals surface area (Å²) in [6.07, 6.45) is 0. The van der Waals surface area contributed by atoms with Crippen LogP contribution < -0.4 is 10.6 Å². The van der Waals surface area contributed by atoms with Crippen LogP contribution in [-0.2, 0) is 6.61 Å². The van der Waals surface area contributed by atoms with Gasteiger partial charge in [0.2, 0.25) is 5.16 Å². The molecule has 0 aliphatic heterocycles. The molecule has 0 saturated carbocycles. The minimum absolute atomic E-state index is 0.278. The maximum atomic E-state index is 5.96. The fourth-order valence-corrected chi connectivity index (χ4v) is 2.72. The molecule has 0 unspecified atom stereocenters. The van der Waals surface area contributed by atoms with Gasteiger partial charge in [0.1, 0.15) is 12.4 Å². The van der Waals surface area contributed by atoms with Crippen LogP contribution in [0.3, 0.4) is 0 Å². The number of nitrogens with two attached hydrogens (primary N) is 1. The van der Waals surface area contributed by atoms with E-state index in [0.29, 0.717) is 22.7 Å². The van der Waals surface area contributed by atoms with E-state index in [9.17, 15) is 0 Å². The monoisotopic (exact) mass is 382 g/mol. The van der Waals surface area contributed by atoms with Crippen LogP contribution >= 0.6 is 27.7 Å².